The van der Waals surface area contributed by atoms with Gasteiger partial charge >= 0.3 is 0 Å². The van der Waals surface area contributed by atoms with Crippen molar-refractivity contribution in [2.75, 3.05) is 18.2 Å². The van der Waals surface area contributed by atoms with Gasteiger partial charge in [-0.3, -0.25) is 0 Å². The van der Waals surface area contributed by atoms with E-state index in [2.05, 4.69) is 5.32 Å². The highest BCUT2D eigenvalue weighted by Crippen LogP contribution is 2.31. The molecule has 3 N–H and O–H groups in total. The fourth-order valence-electron chi connectivity index (χ4n) is 1.51. The van der Waals surface area contributed by atoms with E-state index in [1.54, 1.807) is 25.3 Å². The van der Waals surface area contributed by atoms with Crippen LogP contribution in [0.1, 0.15) is 0 Å². The maximum atomic E-state index is 13.1. The molecule has 2 rings (SSSR count). The molecular formula is C13H12ClFN2O. The second-order valence-electron chi connectivity index (χ2n) is 3.70. The summed E-state index contributed by atoms with van der Waals surface area (Å²) in [5.41, 5.74) is 7.42. The molecular weight excluding hydrogens is 255 g/mol. The van der Waals surface area contributed by atoms with Crippen LogP contribution in [0.5, 0.6) is 5.75 Å². The van der Waals surface area contributed by atoms with Crippen LogP contribution >= 0.6 is 11.6 Å². The summed E-state index contributed by atoms with van der Waals surface area (Å²) >= 11 is 5.97. The number of methoxy groups -OCH3 is 1. The summed E-state index contributed by atoms with van der Waals surface area (Å²) in [4.78, 5) is 0. The lowest BCUT2D eigenvalue weighted by molar-refractivity contribution is 0.415. The lowest BCUT2D eigenvalue weighted by Crippen LogP contribution is -1.98. The monoisotopic (exact) mass is 266 g/mol. The molecule has 5 heteroatoms. The molecule has 0 unspecified atom stereocenters. The Balaban J connectivity index is 2.36. The number of nitrogens with two attached hydrogens (primary N) is 1. The minimum Gasteiger partial charge on any atom is -0.497 e. The van der Waals surface area contributed by atoms with Crippen LogP contribution in [0.25, 0.3) is 0 Å². The first-order valence-corrected chi connectivity index (χ1v) is 5.63. The number of ether oxygens (including phenoxy) is 1. The van der Waals surface area contributed by atoms with Gasteiger partial charge in [0.25, 0.3) is 0 Å². The second-order valence-corrected chi connectivity index (χ2v) is 4.11. The van der Waals surface area contributed by atoms with E-state index in [0.717, 1.165) is 0 Å². The van der Waals surface area contributed by atoms with Crippen LogP contribution < -0.4 is 15.8 Å². The van der Waals surface area contributed by atoms with Gasteiger partial charge in [0.2, 0.25) is 0 Å². The molecule has 2 aromatic rings. The zero-order valence-electron chi connectivity index (χ0n) is 9.71. The van der Waals surface area contributed by atoms with Gasteiger partial charge in [-0.1, -0.05) is 11.6 Å². The molecule has 18 heavy (non-hydrogen) atoms. The van der Waals surface area contributed by atoms with E-state index in [1.807, 2.05) is 0 Å². The first-order chi connectivity index (χ1) is 8.60. The molecule has 0 fully saturated rings. The van der Waals surface area contributed by atoms with Crippen LogP contribution in [0.15, 0.2) is 36.4 Å². The Kier molecular flexibility index (Phi) is 3.58. The lowest BCUT2D eigenvalue weighted by Gasteiger charge is -2.12. The molecule has 0 aliphatic carbocycles. The van der Waals surface area contributed by atoms with E-state index < -0.39 is 0 Å². The summed E-state index contributed by atoms with van der Waals surface area (Å²) in [7, 11) is 1.56. The molecule has 0 atom stereocenters. The first kappa shape index (κ1) is 12.5. The van der Waals surface area contributed by atoms with Crippen LogP contribution in [0.2, 0.25) is 5.02 Å². The third-order valence-corrected chi connectivity index (χ3v) is 2.79. The summed E-state index contributed by atoms with van der Waals surface area (Å²) in [6, 6.07) is 9.25. The highest BCUT2D eigenvalue weighted by Gasteiger charge is 2.06. The Labute approximate surface area is 109 Å². The van der Waals surface area contributed by atoms with Gasteiger partial charge in [-0.05, 0) is 30.3 Å². The Morgan fingerprint density at radius 2 is 1.94 bits per heavy atom. The highest BCUT2D eigenvalue weighted by molar-refractivity contribution is 6.33. The third-order valence-electron chi connectivity index (χ3n) is 2.46. The average molecular weight is 267 g/mol. The Hall–Kier alpha value is -1.94. The van der Waals surface area contributed by atoms with Gasteiger partial charge in [0.05, 0.1) is 29.2 Å². The fraction of sp³-hybridized carbons (Fsp3) is 0.0769. The van der Waals surface area contributed by atoms with Crippen LogP contribution in [-0.2, 0) is 0 Å². The van der Waals surface area contributed by atoms with Crippen molar-refractivity contribution < 1.29 is 9.13 Å². The number of benzene rings is 2. The summed E-state index contributed by atoms with van der Waals surface area (Å²) in [5.74, 6) is 0.280. The van der Waals surface area contributed by atoms with Crippen molar-refractivity contribution >= 4 is 28.7 Å². The molecule has 94 valence electrons. The molecule has 0 saturated carbocycles. The van der Waals surface area contributed by atoms with Gasteiger partial charge in [-0.25, -0.2) is 4.39 Å². The molecule has 0 heterocycles. The normalized spacial score (nSPS) is 10.2. The van der Waals surface area contributed by atoms with Crippen molar-refractivity contribution in [1.29, 1.82) is 0 Å². The summed E-state index contributed by atoms with van der Waals surface area (Å²) in [6.07, 6.45) is 0. The quantitative estimate of drug-likeness (QED) is 0.831. The molecule has 0 aliphatic rings. The molecule has 0 amide bonds. The van der Waals surface area contributed by atoms with Gasteiger partial charge in [0.15, 0.2) is 0 Å². The Morgan fingerprint density at radius 3 is 2.67 bits per heavy atom. The van der Waals surface area contributed by atoms with Crippen LogP contribution in [0, 0.1) is 5.82 Å². The van der Waals surface area contributed by atoms with Crippen molar-refractivity contribution in [3.8, 4) is 5.75 Å². The van der Waals surface area contributed by atoms with Gasteiger partial charge < -0.3 is 15.8 Å². The molecule has 0 aliphatic heterocycles. The smallest absolute Gasteiger partial charge is 0.125 e. The van der Waals surface area contributed by atoms with E-state index in [4.69, 9.17) is 22.1 Å². The molecule has 0 radical (unpaired) electrons. The highest BCUT2D eigenvalue weighted by atomic mass is 35.5. The number of rotatable bonds is 3. The number of nitrogens with one attached hydrogen (secondary N) is 1. The minimum atomic E-state index is -0.372. The molecule has 0 saturated heterocycles. The van der Waals surface area contributed by atoms with Gasteiger partial charge in [0.1, 0.15) is 11.6 Å². The molecule has 0 aromatic heterocycles. The number of nitrogen functional groups attached to an aromatic ring is 1. The van der Waals surface area contributed by atoms with Crippen LogP contribution in [0.4, 0.5) is 21.5 Å². The van der Waals surface area contributed by atoms with E-state index in [-0.39, 0.29) is 5.82 Å². The number of halogens is 2. The van der Waals surface area contributed by atoms with Gasteiger partial charge in [-0.15, -0.1) is 0 Å². The number of anilines is 3. The lowest BCUT2D eigenvalue weighted by atomic mass is 10.2. The van der Waals surface area contributed by atoms with Crippen LogP contribution in [0.3, 0.4) is 0 Å². The zero-order chi connectivity index (χ0) is 13.1. The Bertz CT molecular complexity index is 575. The zero-order valence-corrected chi connectivity index (χ0v) is 10.5. The SMILES string of the molecule is COc1ccc(N)c(Nc2cc(F)ccc2Cl)c1. The van der Waals surface area contributed by atoms with Crippen molar-refractivity contribution in [3.05, 3.63) is 47.2 Å². The largest absolute Gasteiger partial charge is 0.497 e. The Morgan fingerprint density at radius 1 is 1.17 bits per heavy atom. The van der Waals surface area contributed by atoms with Gasteiger partial charge in [-0.2, -0.15) is 0 Å². The predicted molar refractivity (Wildman–Crippen MR) is 72.1 cm³/mol. The van der Waals surface area contributed by atoms with Gasteiger partial charge in [0, 0.05) is 6.07 Å². The van der Waals surface area contributed by atoms with Crippen molar-refractivity contribution in [1.82, 2.24) is 0 Å². The van der Waals surface area contributed by atoms with Crippen molar-refractivity contribution in [2.45, 2.75) is 0 Å². The van der Waals surface area contributed by atoms with Crippen molar-refractivity contribution in [2.24, 2.45) is 0 Å². The van der Waals surface area contributed by atoms with E-state index in [0.29, 0.717) is 27.8 Å². The fourth-order valence-corrected chi connectivity index (χ4v) is 1.67. The summed E-state index contributed by atoms with van der Waals surface area (Å²) < 4.78 is 18.2. The van der Waals surface area contributed by atoms with E-state index >= 15 is 0 Å². The molecule has 2 aromatic carbocycles. The predicted octanol–water partition coefficient (Wildman–Crippen LogP) is 3.81. The molecule has 3 nitrogen and oxygen atoms in total. The number of hydrogen-bond donors (Lipinski definition) is 2. The van der Waals surface area contributed by atoms with Crippen LogP contribution in [-0.4, -0.2) is 7.11 Å². The number of hydrogen-bond acceptors (Lipinski definition) is 3. The minimum absolute atomic E-state index is 0.372. The maximum Gasteiger partial charge on any atom is 0.125 e. The summed E-state index contributed by atoms with van der Waals surface area (Å²) in [5, 5.41) is 3.39. The summed E-state index contributed by atoms with van der Waals surface area (Å²) in [6.45, 7) is 0. The maximum absolute atomic E-state index is 13.1. The van der Waals surface area contributed by atoms with Crippen molar-refractivity contribution in [3.63, 3.8) is 0 Å². The second kappa shape index (κ2) is 5.14. The van der Waals surface area contributed by atoms with E-state index in [1.165, 1.54) is 18.2 Å². The first-order valence-electron chi connectivity index (χ1n) is 5.26. The molecule has 0 spiro atoms. The standard InChI is InChI=1S/C13H12ClFN2O/c1-18-9-3-5-11(16)13(7-9)17-12-6-8(15)2-4-10(12)14/h2-7,17H,16H2,1H3. The topological polar surface area (TPSA) is 47.3 Å². The average Bonchev–Trinajstić information content (AvgIpc) is 2.36. The molecule has 0 bridgehead atoms. The van der Waals surface area contributed by atoms with E-state index in [9.17, 15) is 4.39 Å². The third kappa shape index (κ3) is 2.65.